The summed E-state index contributed by atoms with van der Waals surface area (Å²) in [5, 5.41) is 8.81. The fraction of sp³-hybridized carbons (Fsp3) is 0.333. The van der Waals surface area contributed by atoms with Gasteiger partial charge in [0.15, 0.2) is 0 Å². The van der Waals surface area contributed by atoms with Gasteiger partial charge in [0.2, 0.25) is 10.0 Å². The lowest BCUT2D eigenvalue weighted by Crippen LogP contribution is -2.50. The van der Waals surface area contributed by atoms with Crippen LogP contribution in [-0.2, 0) is 21.4 Å². The predicted octanol–water partition coefficient (Wildman–Crippen LogP) is 3.50. The lowest BCUT2D eigenvalue weighted by molar-refractivity contribution is 0.0696. The van der Waals surface area contributed by atoms with Gasteiger partial charge in [0, 0.05) is 24.7 Å². The van der Waals surface area contributed by atoms with Gasteiger partial charge in [-0.15, -0.1) is 0 Å². The van der Waals surface area contributed by atoms with E-state index in [1.54, 1.807) is 12.1 Å². The number of rotatable bonds is 5. The topological polar surface area (TPSA) is 113 Å². The molecule has 0 aromatic heterocycles. The number of carbonyl (C=O) groups excluding carboxylic acids is 1. The largest absolute Gasteiger partial charge is 0.495 e. The van der Waals surface area contributed by atoms with Crippen molar-refractivity contribution in [1.29, 1.82) is 0 Å². The Morgan fingerprint density at radius 1 is 1.27 bits per heavy atom. The number of carboxylic acids is 1. The molecular formula is C21H20ClFN2O7S. The van der Waals surface area contributed by atoms with Crippen LogP contribution >= 0.6 is 11.6 Å². The molecule has 0 radical (unpaired) electrons. The average molecular weight is 499 g/mol. The van der Waals surface area contributed by atoms with Gasteiger partial charge in [0.25, 0.3) is 0 Å². The number of fused-ring (bicyclic) bond motifs is 1. The maximum Gasteiger partial charge on any atom is 0.415 e. The maximum absolute atomic E-state index is 14.4. The van der Waals surface area contributed by atoms with E-state index in [0.717, 1.165) is 15.9 Å². The molecule has 1 N–H and O–H groups in total. The summed E-state index contributed by atoms with van der Waals surface area (Å²) in [5.41, 5.74) is 0.854. The number of methoxy groups -OCH3 is 1. The van der Waals surface area contributed by atoms with Crippen LogP contribution in [0, 0.1) is 5.82 Å². The van der Waals surface area contributed by atoms with E-state index in [1.165, 1.54) is 12.0 Å². The van der Waals surface area contributed by atoms with Gasteiger partial charge in [0.1, 0.15) is 23.1 Å². The normalized spacial score (nSPS) is 17.4. The van der Waals surface area contributed by atoms with Crippen molar-refractivity contribution in [2.75, 3.05) is 25.1 Å². The second kappa shape index (κ2) is 8.81. The van der Waals surface area contributed by atoms with Crippen molar-refractivity contribution in [1.82, 2.24) is 4.31 Å². The van der Waals surface area contributed by atoms with E-state index < -0.39 is 43.4 Å². The van der Waals surface area contributed by atoms with Crippen LogP contribution in [-0.4, -0.2) is 56.1 Å². The van der Waals surface area contributed by atoms with Crippen LogP contribution in [0.4, 0.5) is 14.9 Å². The molecule has 0 aliphatic carbocycles. The SMILES string of the molecule is COc1cccc2c1N(C1CCN(S(=O)(=O)c3cc(C(=O)O)c(Cl)cc3F)CC1)C(=O)OC2. The van der Waals surface area contributed by atoms with Crippen LogP contribution in [0.5, 0.6) is 5.75 Å². The van der Waals surface area contributed by atoms with Crippen molar-refractivity contribution in [3.8, 4) is 5.75 Å². The molecule has 4 rings (SSSR count). The number of carboxylic acid groups (broad SMARTS) is 1. The first-order valence-electron chi connectivity index (χ1n) is 9.99. The summed E-state index contributed by atoms with van der Waals surface area (Å²) in [5.74, 6) is -2.10. The molecule has 176 valence electrons. The van der Waals surface area contributed by atoms with Crippen LogP contribution in [0.15, 0.2) is 35.2 Å². The van der Waals surface area contributed by atoms with Gasteiger partial charge >= 0.3 is 12.1 Å². The third kappa shape index (κ3) is 4.11. The monoisotopic (exact) mass is 498 g/mol. The molecular weight excluding hydrogens is 479 g/mol. The molecule has 0 spiro atoms. The molecule has 0 saturated carbocycles. The summed E-state index contributed by atoms with van der Waals surface area (Å²) in [6.07, 6.45) is -0.0391. The van der Waals surface area contributed by atoms with Crippen molar-refractivity contribution in [3.05, 3.63) is 52.3 Å². The first-order valence-corrected chi connectivity index (χ1v) is 11.8. The number of nitrogens with zero attached hydrogens (tertiary/aromatic N) is 2. The molecule has 33 heavy (non-hydrogen) atoms. The lowest BCUT2D eigenvalue weighted by Gasteiger charge is -2.40. The number of aromatic carboxylic acids is 1. The van der Waals surface area contributed by atoms with Gasteiger partial charge in [-0.2, -0.15) is 4.31 Å². The van der Waals surface area contributed by atoms with Gasteiger partial charge in [-0.1, -0.05) is 23.7 Å². The molecule has 2 heterocycles. The zero-order valence-electron chi connectivity index (χ0n) is 17.5. The number of carbonyl (C=O) groups is 2. The third-order valence-corrected chi connectivity index (χ3v) is 7.98. The second-order valence-electron chi connectivity index (χ2n) is 7.60. The summed E-state index contributed by atoms with van der Waals surface area (Å²) >= 11 is 5.73. The summed E-state index contributed by atoms with van der Waals surface area (Å²) in [6.45, 7) is 0.0916. The number of halogens is 2. The second-order valence-corrected chi connectivity index (χ2v) is 9.91. The van der Waals surface area contributed by atoms with Gasteiger partial charge in [-0.05, 0) is 31.0 Å². The molecule has 1 fully saturated rings. The number of anilines is 1. The average Bonchev–Trinajstić information content (AvgIpc) is 2.78. The molecule has 0 bridgehead atoms. The number of hydrogen-bond acceptors (Lipinski definition) is 6. The molecule has 2 aliphatic rings. The van der Waals surface area contributed by atoms with Gasteiger partial charge in [-0.25, -0.2) is 22.4 Å². The Bertz CT molecular complexity index is 1220. The van der Waals surface area contributed by atoms with Crippen LogP contribution in [0.25, 0.3) is 0 Å². The summed E-state index contributed by atoms with van der Waals surface area (Å²) in [7, 11) is -2.83. The van der Waals surface area contributed by atoms with E-state index in [2.05, 4.69) is 0 Å². The number of hydrogen-bond donors (Lipinski definition) is 1. The number of para-hydroxylation sites is 1. The molecule has 1 amide bonds. The lowest BCUT2D eigenvalue weighted by atomic mass is 10.0. The Morgan fingerprint density at radius 2 is 1.97 bits per heavy atom. The Kier molecular flexibility index (Phi) is 6.21. The minimum absolute atomic E-state index is 0.00820. The Balaban J connectivity index is 1.59. The first kappa shape index (κ1) is 23.3. The third-order valence-electron chi connectivity index (χ3n) is 5.75. The molecule has 2 aromatic carbocycles. The van der Waals surface area contributed by atoms with E-state index >= 15 is 0 Å². The minimum Gasteiger partial charge on any atom is -0.495 e. The molecule has 9 nitrogen and oxygen atoms in total. The standard InChI is InChI=1S/C21H20ClFN2O7S/c1-31-17-4-2-3-12-11-32-21(28)25(19(12)17)13-5-7-24(8-6-13)33(29,30)18-9-14(20(26)27)15(22)10-16(18)23/h2-4,9-10,13H,5-8,11H2,1H3,(H,26,27). The Hall–Kier alpha value is -2.89. The smallest absolute Gasteiger partial charge is 0.415 e. The number of amides is 1. The van der Waals surface area contributed by atoms with Crippen LogP contribution in [0.2, 0.25) is 5.02 Å². The van der Waals surface area contributed by atoms with Crippen molar-refractivity contribution in [2.24, 2.45) is 0 Å². The molecule has 2 aliphatic heterocycles. The van der Waals surface area contributed by atoms with Crippen molar-refractivity contribution in [3.63, 3.8) is 0 Å². The zero-order valence-corrected chi connectivity index (χ0v) is 19.0. The Labute approximate surface area is 194 Å². The molecule has 12 heteroatoms. The number of benzene rings is 2. The van der Waals surface area contributed by atoms with Gasteiger partial charge in [-0.3, -0.25) is 4.90 Å². The Morgan fingerprint density at radius 3 is 2.61 bits per heavy atom. The number of cyclic esters (lactones) is 1. The molecule has 2 aromatic rings. The summed E-state index contributed by atoms with van der Waals surface area (Å²) in [6, 6.07) is 6.37. The number of piperidine rings is 1. The molecule has 0 atom stereocenters. The van der Waals surface area contributed by atoms with Gasteiger partial charge in [0.05, 0.1) is 23.4 Å². The number of sulfonamides is 1. The fourth-order valence-corrected chi connectivity index (χ4v) is 5.90. The van der Waals surface area contributed by atoms with E-state index in [1.807, 2.05) is 6.07 Å². The van der Waals surface area contributed by atoms with Crippen molar-refractivity contribution >= 4 is 39.4 Å². The maximum atomic E-state index is 14.4. The van der Waals surface area contributed by atoms with E-state index in [-0.39, 0.29) is 38.6 Å². The summed E-state index contributed by atoms with van der Waals surface area (Å²) < 4.78 is 52.3. The predicted molar refractivity (Wildman–Crippen MR) is 116 cm³/mol. The highest BCUT2D eigenvalue weighted by atomic mass is 35.5. The van der Waals surface area contributed by atoms with Crippen molar-refractivity contribution < 1.29 is 37.0 Å². The van der Waals surface area contributed by atoms with Crippen LogP contribution in [0.1, 0.15) is 28.8 Å². The van der Waals surface area contributed by atoms with E-state index in [9.17, 15) is 27.5 Å². The fourth-order valence-electron chi connectivity index (χ4n) is 4.12. The van der Waals surface area contributed by atoms with Crippen molar-refractivity contribution in [2.45, 2.75) is 30.4 Å². The van der Waals surface area contributed by atoms with E-state index in [0.29, 0.717) is 17.5 Å². The number of ether oxygens (including phenoxy) is 2. The highest BCUT2D eigenvalue weighted by Crippen LogP contribution is 2.39. The quantitative estimate of drug-likeness (QED) is 0.671. The highest BCUT2D eigenvalue weighted by molar-refractivity contribution is 7.89. The first-order chi connectivity index (χ1) is 15.6. The molecule has 1 saturated heterocycles. The zero-order chi connectivity index (χ0) is 23.9. The highest BCUT2D eigenvalue weighted by Gasteiger charge is 2.39. The minimum atomic E-state index is -4.33. The summed E-state index contributed by atoms with van der Waals surface area (Å²) in [4.78, 5) is 24.6. The van der Waals surface area contributed by atoms with Crippen LogP contribution < -0.4 is 9.64 Å². The van der Waals surface area contributed by atoms with E-state index in [4.69, 9.17) is 21.1 Å². The van der Waals surface area contributed by atoms with Crippen LogP contribution in [0.3, 0.4) is 0 Å². The molecule has 0 unspecified atom stereocenters. The van der Waals surface area contributed by atoms with Gasteiger partial charge < -0.3 is 14.6 Å².